The molecule has 8 heteroatoms. The number of rotatable bonds is 4. The molecule has 0 fully saturated rings. The zero-order valence-electron chi connectivity index (χ0n) is 14.8. The highest BCUT2D eigenvalue weighted by Crippen LogP contribution is 2.25. The van der Waals surface area contributed by atoms with E-state index < -0.39 is 0 Å². The van der Waals surface area contributed by atoms with Crippen molar-refractivity contribution >= 4 is 17.2 Å². The number of hydrogen-bond acceptors (Lipinski definition) is 7. The van der Waals surface area contributed by atoms with E-state index in [2.05, 4.69) is 20.1 Å². The first-order valence-corrected chi connectivity index (χ1v) is 8.62. The zero-order valence-corrected chi connectivity index (χ0v) is 15.6. The van der Waals surface area contributed by atoms with Gasteiger partial charge in [-0.3, -0.25) is 4.79 Å². The molecule has 0 aliphatic carbocycles. The fourth-order valence-corrected chi connectivity index (χ4v) is 3.45. The quantitative estimate of drug-likeness (QED) is 0.713. The molecule has 130 valence electrons. The minimum absolute atomic E-state index is 0.0703. The Bertz CT molecular complexity index is 931. The lowest BCUT2D eigenvalue weighted by Gasteiger charge is -2.17. The van der Waals surface area contributed by atoms with Crippen LogP contribution in [0.4, 0.5) is 0 Å². The van der Waals surface area contributed by atoms with Crippen LogP contribution in [0.3, 0.4) is 0 Å². The number of carbonyl (C=O) groups excluding carboxylic acids is 1. The van der Waals surface area contributed by atoms with E-state index in [1.807, 2.05) is 33.8 Å². The Hall–Kier alpha value is -2.61. The molecule has 25 heavy (non-hydrogen) atoms. The maximum atomic E-state index is 12.7. The fraction of sp³-hybridized carbons (Fsp3) is 0.353. The number of thiazole rings is 1. The van der Waals surface area contributed by atoms with E-state index in [9.17, 15) is 4.79 Å². The van der Waals surface area contributed by atoms with Gasteiger partial charge in [-0.15, -0.1) is 11.3 Å². The Balaban J connectivity index is 1.90. The Morgan fingerprint density at radius 3 is 2.60 bits per heavy atom. The van der Waals surface area contributed by atoms with Crippen LogP contribution in [-0.2, 0) is 6.54 Å². The van der Waals surface area contributed by atoms with Crippen molar-refractivity contribution in [2.45, 2.75) is 34.2 Å². The highest BCUT2D eigenvalue weighted by molar-refractivity contribution is 7.13. The molecule has 0 N–H and O–H groups in total. The van der Waals surface area contributed by atoms with E-state index in [0.717, 1.165) is 27.7 Å². The predicted octanol–water partition coefficient (Wildman–Crippen LogP) is 3.09. The molecule has 0 saturated heterocycles. The summed E-state index contributed by atoms with van der Waals surface area (Å²) in [6, 6.07) is 1.83. The maximum Gasteiger partial charge on any atom is 0.265 e. The van der Waals surface area contributed by atoms with Crippen molar-refractivity contribution in [1.29, 1.82) is 0 Å². The van der Waals surface area contributed by atoms with Crippen molar-refractivity contribution in [3.8, 4) is 11.3 Å². The summed E-state index contributed by atoms with van der Waals surface area (Å²) >= 11 is 1.40. The summed E-state index contributed by atoms with van der Waals surface area (Å²) < 4.78 is 5.34. The predicted molar refractivity (Wildman–Crippen MR) is 94.4 cm³/mol. The van der Waals surface area contributed by atoms with Crippen LogP contribution in [0.5, 0.6) is 0 Å². The molecule has 0 aliphatic rings. The van der Waals surface area contributed by atoms with Crippen molar-refractivity contribution < 1.29 is 9.32 Å². The largest absolute Gasteiger partial charge is 0.356 e. The van der Waals surface area contributed by atoms with Gasteiger partial charge in [0.15, 0.2) is 5.76 Å². The molecule has 0 aliphatic heterocycles. The Labute approximate surface area is 149 Å². The highest BCUT2D eigenvalue weighted by atomic mass is 32.1. The zero-order chi connectivity index (χ0) is 18.1. The minimum Gasteiger partial charge on any atom is -0.356 e. The van der Waals surface area contributed by atoms with Gasteiger partial charge in [0, 0.05) is 19.3 Å². The van der Waals surface area contributed by atoms with E-state index in [4.69, 9.17) is 4.52 Å². The monoisotopic (exact) mass is 357 g/mol. The van der Waals surface area contributed by atoms with Gasteiger partial charge in [0.05, 0.1) is 34.2 Å². The second-order valence-electron chi connectivity index (χ2n) is 5.92. The van der Waals surface area contributed by atoms with Gasteiger partial charge in [-0.2, -0.15) is 0 Å². The molecule has 1 amide bonds. The standard InChI is InChI=1S/C17H19N5O2S/c1-9-6-15(24-21-9)13-7-18-11(3)20-14(13)8-22(5)17(23)16-10(2)19-12(4)25-16/h6-7H,8H2,1-5H3. The third kappa shape index (κ3) is 3.58. The first-order valence-electron chi connectivity index (χ1n) is 7.81. The summed E-state index contributed by atoms with van der Waals surface area (Å²) in [7, 11) is 1.75. The van der Waals surface area contributed by atoms with E-state index in [1.54, 1.807) is 18.1 Å². The molecule has 0 bridgehead atoms. The van der Waals surface area contributed by atoms with Gasteiger partial charge < -0.3 is 9.42 Å². The van der Waals surface area contributed by atoms with Gasteiger partial charge in [-0.1, -0.05) is 5.16 Å². The molecule has 0 aromatic carbocycles. The van der Waals surface area contributed by atoms with Crippen LogP contribution in [0, 0.1) is 27.7 Å². The van der Waals surface area contributed by atoms with Crippen LogP contribution in [0.25, 0.3) is 11.3 Å². The number of nitrogens with zero attached hydrogens (tertiary/aromatic N) is 5. The topological polar surface area (TPSA) is 85.0 Å². The average Bonchev–Trinajstić information content (AvgIpc) is 3.12. The number of aryl methyl sites for hydroxylation is 4. The molecule has 0 unspecified atom stereocenters. The van der Waals surface area contributed by atoms with Gasteiger partial charge in [-0.25, -0.2) is 15.0 Å². The van der Waals surface area contributed by atoms with E-state index in [-0.39, 0.29) is 5.91 Å². The summed E-state index contributed by atoms with van der Waals surface area (Å²) in [5.74, 6) is 1.16. The molecule has 0 atom stereocenters. The summed E-state index contributed by atoms with van der Waals surface area (Å²) in [6.45, 7) is 7.76. The molecule has 3 rings (SSSR count). The van der Waals surface area contributed by atoms with Crippen LogP contribution >= 0.6 is 11.3 Å². The normalized spacial score (nSPS) is 10.9. The van der Waals surface area contributed by atoms with Gasteiger partial charge in [0.25, 0.3) is 5.91 Å². The lowest BCUT2D eigenvalue weighted by Crippen LogP contribution is -2.27. The van der Waals surface area contributed by atoms with Crippen molar-refractivity contribution in [1.82, 2.24) is 25.0 Å². The summed E-state index contributed by atoms with van der Waals surface area (Å²) in [5, 5.41) is 4.79. The third-order valence-corrected chi connectivity index (χ3v) is 4.77. The second kappa shape index (κ2) is 6.72. The first kappa shape index (κ1) is 17.2. The molecule has 0 saturated carbocycles. The maximum absolute atomic E-state index is 12.7. The third-order valence-electron chi connectivity index (χ3n) is 3.71. The van der Waals surface area contributed by atoms with Crippen LogP contribution in [0.1, 0.15) is 37.6 Å². The van der Waals surface area contributed by atoms with Gasteiger partial charge in [0.2, 0.25) is 0 Å². The van der Waals surface area contributed by atoms with E-state index >= 15 is 0 Å². The van der Waals surface area contributed by atoms with Crippen LogP contribution in [0.2, 0.25) is 0 Å². The van der Waals surface area contributed by atoms with E-state index in [0.29, 0.717) is 23.0 Å². The number of amides is 1. The lowest BCUT2D eigenvalue weighted by molar-refractivity contribution is 0.0787. The molecule has 3 aromatic heterocycles. The SMILES string of the molecule is Cc1cc(-c2cnc(C)nc2CN(C)C(=O)c2sc(C)nc2C)on1. The average molecular weight is 357 g/mol. The second-order valence-corrected chi connectivity index (χ2v) is 7.12. The molecule has 3 heterocycles. The van der Waals surface area contributed by atoms with Gasteiger partial charge in [-0.05, 0) is 27.7 Å². The molecule has 0 radical (unpaired) electrons. The number of aromatic nitrogens is 4. The smallest absolute Gasteiger partial charge is 0.265 e. The van der Waals surface area contributed by atoms with Gasteiger partial charge >= 0.3 is 0 Å². The van der Waals surface area contributed by atoms with Gasteiger partial charge in [0.1, 0.15) is 10.7 Å². The number of hydrogen-bond donors (Lipinski definition) is 0. The Morgan fingerprint density at radius 1 is 1.24 bits per heavy atom. The molecular formula is C17H19N5O2S. The Kier molecular flexibility index (Phi) is 4.63. The molecule has 0 spiro atoms. The summed E-state index contributed by atoms with van der Waals surface area (Å²) in [4.78, 5) is 28.1. The fourth-order valence-electron chi connectivity index (χ4n) is 2.53. The van der Waals surface area contributed by atoms with Crippen molar-refractivity contribution in [3.63, 3.8) is 0 Å². The molecule has 7 nitrogen and oxygen atoms in total. The van der Waals surface area contributed by atoms with Crippen molar-refractivity contribution in [2.24, 2.45) is 0 Å². The lowest BCUT2D eigenvalue weighted by atomic mass is 10.1. The molecular weight excluding hydrogens is 338 g/mol. The van der Waals surface area contributed by atoms with E-state index in [1.165, 1.54) is 11.3 Å². The van der Waals surface area contributed by atoms with Crippen LogP contribution in [-0.4, -0.2) is 38.0 Å². The molecule has 3 aromatic rings. The summed E-state index contributed by atoms with van der Waals surface area (Å²) in [5.41, 5.74) is 2.99. The number of carbonyl (C=O) groups is 1. The van der Waals surface area contributed by atoms with Crippen molar-refractivity contribution in [3.05, 3.63) is 45.1 Å². The summed E-state index contributed by atoms with van der Waals surface area (Å²) in [6.07, 6.45) is 1.71. The van der Waals surface area contributed by atoms with Crippen LogP contribution < -0.4 is 0 Å². The highest BCUT2D eigenvalue weighted by Gasteiger charge is 2.21. The minimum atomic E-state index is -0.0703. The first-order chi connectivity index (χ1) is 11.8. The van der Waals surface area contributed by atoms with Crippen molar-refractivity contribution in [2.75, 3.05) is 7.05 Å². The van der Waals surface area contributed by atoms with Crippen LogP contribution in [0.15, 0.2) is 16.8 Å². The Morgan fingerprint density at radius 2 is 2.00 bits per heavy atom.